The van der Waals surface area contributed by atoms with Crippen molar-refractivity contribution in [3.63, 3.8) is 0 Å². The Balaban J connectivity index is 1.15. The highest BCUT2D eigenvalue weighted by Gasteiger charge is 2.46. The number of hydrogen-bond donors (Lipinski definition) is 0. The summed E-state index contributed by atoms with van der Waals surface area (Å²) in [6.07, 6.45) is 0. The quantitative estimate of drug-likeness (QED) is 0.141. The molecule has 10 aromatic rings. The lowest BCUT2D eigenvalue weighted by Gasteiger charge is -2.35. The van der Waals surface area contributed by atoms with Gasteiger partial charge in [0.1, 0.15) is 0 Å². The summed E-state index contributed by atoms with van der Waals surface area (Å²) < 4.78 is 0. The lowest BCUT2D eigenvalue weighted by Crippen LogP contribution is -2.28. The molecule has 292 valence electrons. The zero-order valence-electron chi connectivity index (χ0n) is 34.3. The van der Waals surface area contributed by atoms with E-state index in [1.54, 1.807) is 0 Å². The van der Waals surface area contributed by atoms with Crippen LogP contribution < -0.4 is 4.90 Å². The normalized spacial score (nSPS) is 12.3. The van der Waals surface area contributed by atoms with Crippen LogP contribution in [0, 0.1) is 0 Å². The van der Waals surface area contributed by atoms with Crippen LogP contribution in [0.1, 0.15) is 22.3 Å². The molecular formula is C61H43N. The molecule has 0 saturated heterocycles. The van der Waals surface area contributed by atoms with Crippen LogP contribution in [0.2, 0.25) is 0 Å². The molecule has 0 bridgehead atoms. The minimum atomic E-state index is -0.601. The van der Waals surface area contributed by atoms with E-state index in [-0.39, 0.29) is 0 Å². The molecule has 1 aliphatic rings. The van der Waals surface area contributed by atoms with Crippen molar-refractivity contribution >= 4 is 17.1 Å². The second-order valence-electron chi connectivity index (χ2n) is 16.1. The highest BCUT2D eigenvalue weighted by atomic mass is 15.1. The predicted octanol–water partition coefficient (Wildman–Crippen LogP) is 16.2. The van der Waals surface area contributed by atoms with Gasteiger partial charge in [-0.15, -0.1) is 0 Å². The van der Waals surface area contributed by atoms with E-state index in [2.05, 4.69) is 266 Å². The summed E-state index contributed by atoms with van der Waals surface area (Å²) >= 11 is 0. The number of benzene rings is 10. The third-order valence-electron chi connectivity index (χ3n) is 12.6. The molecule has 1 aliphatic carbocycles. The Morgan fingerprint density at radius 2 is 0.581 bits per heavy atom. The van der Waals surface area contributed by atoms with Gasteiger partial charge in [0.05, 0.1) is 5.41 Å². The standard InChI is InChI=1S/C61H43N/c1-5-17-44(18-6-1)48-31-35-52(36-32-48)61(53-37-33-49(34-38-53)45-19-7-2-8-20-45)59-30-14-13-29-57(59)58-40-39-56(43-60(58)61)62(54-27-15-25-50(41-54)46-21-9-3-10-22-46)55-28-16-26-51(42-55)47-23-11-4-12-24-47/h1-43H. The first kappa shape index (κ1) is 37.0. The van der Waals surface area contributed by atoms with Gasteiger partial charge in [-0.25, -0.2) is 0 Å². The number of nitrogens with zero attached hydrogens (tertiary/aromatic N) is 1. The van der Waals surface area contributed by atoms with Gasteiger partial charge < -0.3 is 4.90 Å². The summed E-state index contributed by atoms with van der Waals surface area (Å²) in [6.45, 7) is 0. The van der Waals surface area contributed by atoms with Gasteiger partial charge in [0.2, 0.25) is 0 Å². The number of rotatable bonds is 9. The molecule has 0 atom stereocenters. The van der Waals surface area contributed by atoms with Crippen molar-refractivity contribution in [3.05, 3.63) is 283 Å². The van der Waals surface area contributed by atoms with Crippen molar-refractivity contribution in [2.45, 2.75) is 5.41 Å². The number of anilines is 3. The SMILES string of the molecule is c1ccc(-c2ccc(C3(c4ccc(-c5ccccc5)cc4)c4ccccc4-c4ccc(N(c5cccc(-c6ccccc6)c5)c5cccc(-c6ccccc6)c5)cc43)cc2)cc1. The lowest BCUT2D eigenvalue weighted by atomic mass is 9.67. The molecule has 10 aromatic carbocycles. The highest BCUT2D eigenvalue weighted by molar-refractivity contribution is 5.91. The summed E-state index contributed by atoms with van der Waals surface area (Å²) in [5.41, 5.74) is 19.8. The van der Waals surface area contributed by atoms with Crippen LogP contribution in [0.5, 0.6) is 0 Å². The Hall–Kier alpha value is -8.00. The van der Waals surface area contributed by atoms with E-state index in [0.717, 1.165) is 17.1 Å². The minimum Gasteiger partial charge on any atom is -0.310 e. The maximum atomic E-state index is 2.47. The lowest BCUT2D eigenvalue weighted by molar-refractivity contribution is 0.768. The average molecular weight is 790 g/mol. The zero-order chi connectivity index (χ0) is 41.3. The fourth-order valence-corrected chi connectivity index (χ4v) is 9.64. The van der Waals surface area contributed by atoms with Crippen LogP contribution in [0.15, 0.2) is 261 Å². The minimum absolute atomic E-state index is 0.601. The molecule has 0 unspecified atom stereocenters. The third-order valence-corrected chi connectivity index (χ3v) is 12.6. The largest absolute Gasteiger partial charge is 0.310 e. The number of fused-ring (bicyclic) bond motifs is 3. The predicted molar refractivity (Wildman–Crippen MR) is 260 cm³/mol. The topological polar surface area (TPSA) is 3.24 Å². The van der Waals surface area contributed by atoms with E-state index in [4.69, 9.17) is 0 Å². The summed E-state index contributed by atoms with van der Waals surface area (Å²) in [7, 11) is 0. The van der Waals surface area contributed by atoms with Gasteiger partial charge in [-0.05, 0) is 114 Å². The van der Waals surface area contributed by atoms with Crippen molar-refractivity contribution in [2.24, 2.45) is 0 Å². The van der Waals surface area contributed by atoms with E-state index >= 15 is 0 Å². The van der Waals surface area contributed by atoms with Crippen molar-refractivity contribution in [2.75, 3.05) is 4.90 Å². The second kappa shape index (κ2) is 15.9. The molecular weight excluding hydrogens is 747 g/mol. The molecule has 62 heavy (non-hydrogen) atoms. The van der Waals surface area contributed by atoms with Gasteiger partial charge in [0.25, 0.3) is 0 Å². The van der Waals surface area contributed by atoms with Crippen LogP contribution in [0.4, 0.5) is 17.1 Å². The summed E-state index contributed by atoms with van der Waals surface area (Å²) in [5, 5.41) is 0. The van der Waals surface area contributed by atoms with Gasteiger partial charge >= 0.3 is 0 Å². The molecule has 1 heteroatoms. The molecule has 0 aromatic heterocycles. The highest BCUT2D eigenvalue weighted by Crippen LogP contribution is 2.57. The fourth-order valence-electron chi connectivity index (χ4n) is 9.64. The van der Waals surface area contributed by atoms with E-state index in [0.29, 0.717) is 0 Å². The second-order valence-corrected chi connectivity index (χ2v) is 16.1. The third kappa shape index (κ3) is 6.52. The first-order valence-electron chi connectivity index (χ1n) is 21.4. The summed E-state index contributed by atoms with van der Waals surface area (Å²) in [4.78, 5) is 2.43. The van der Waals surface area contributed by atoms with Crippen LogP contribution in [-0.2, 0) is 5.41 Å². The average Bonchev–Trinajstić information content (AvgIpc) is 3.66. The van der Waals surface area contributed by atoms with Crippen molar-refractivity contribution in [1.29, 1.82) is 0 Å². The first-order valence-corrected chi connectivity index (χ1v) is 21.4. The van der Waals surface area contributed by atoms with E-state index < -0.39 is 5.41 Å². The Kier molecular flexibility index (Phi) is 9.48. The van der Waals surface area contributed by atoms with Crippen LogP contribution in [0.25, 0.3) is 55.6 Å². The molecule has 0 N–H and O–H groups in total. The molecule has 0 aliphatic heterocycles. The first-order chi connectivity index (χ1) is 30.7. The smallest absolute Gasteiger partial charge is 0.0714 e. The Labute approximate surface area is 364 Å². The molecule has 11 rings (SSSR count). The number of hydrogen-bond acceptors (Lipinski definition) is 1. The maximum absolute atomic E-state index is 2.47. The zero-order valence-corrected chi connectivity index (χ0v) is 34.3. The van der Waals surface area contributed by atoms with Gasteiger partial charge in [-0.3, -0.25) is 0 Å². The van der Waals surface area contributed by atoms with Crippen LogP contribution >= 0.6 is 0 Å². The fraction of sp³-hybridized carbons (Fsp3) is 0.0164. The molecule has 0 radical (unpaired) electrons. The van der Waals surface area contributed by atoms with Gasteiger partial charge in [0.15, 0.2) is 0 Å². The van der Waals surface area contributed by atoms with Crippen molar-refractivity contribution in [3.8, 4) is 55.6 Å². The van der Waals surface area contributed by atoms with Gasteiger partial charge in [-0.2, -0.15) is 0 Å². The summed E-state index contributed by atoms with van der Waals surface area (Å²) in [6, 6.07) is 95.4. The van der Waals surface area contributed by atoms with E-state index in [1.165, 1.54) is 77.9 Å². The summed E-state index contributed by atoms with van der Waals surface area (Å²) in [5.74, 6) is 0. The van der Waals surface area contributed by atoms with Gasteiger partial charge in [-0.1, -0.05) is 224 Å². The molecule has 0 amide bonds. The van der Waals surface area contributed by atoms with Gasteiger partial charge in [0, 0.05) is 17.1 Å². The van der Waals surface area contributed by atoms with Crippen LogP contribution in [-0.4, -0.2) is 0 Å². The Bertz CT molecular complexity index is 2970. The molecule has 0 spiro atoms. The Morgan fingerprint density at radius 1 is 0.226 bits per heavy atom. The molecule has 1 nitrogen and oxygen atoms in total. The van der Waals surface area contributed by atoms with E-state index in [1.807, 2.05) is 0 Å². The molecule has 0 heterocycles. The molecule has 0 saturated carbocycles. The van der Waals surface area contributed by atoms with Crippen LogP contribution in [0.3, 0.4) is 0 Å². The van der Waals surface area contributed by atoms with E-state index in [9.17, 15) is 0 Å². The Morgan fingerprint density at radius 3 is 1.05 bits per heavy atom. The maximum Gasteiger partial charge on any atom is 0.0714 e. The monoisotopic (exact) mass is 789 g/mol. The molecule has 0 fully saturated rings. The van der Waals surface area contributed by atoms with Crippen molar-refractivity contribution < 1.29 is 0 Å². The van der Waals surface area contributed by atoms with Crippen molar-refractivity contribution in [1.82, 2.24) is 0 Å².